The summed E-state index contributed by atoms with van der Waals surface area (Å²) >= 11 is 4.37. The molecule has 0 atom stereocenters. The summed E-state index contributed by atoms with van der Waals surface area (Å²) < 4.78 is 41.1. The van der Waals surface area contributed by atoms with E-state index in [0.29, 0.717) is 11.0 Å². The van der Waals surface area contributed by atoms with Gasteiger partial charge in [-0.1, -0.05) is 27.3 Å². The number of rotatable bonds is 3. The maximum absolute atomic E-state index is 13.8. The van der Waals surface area contributed by atoms with Crippen molar-refractivity contribution in [1.82, 2.24) is 10.3 Å². The van der Waals surface area contributed by atoms with Crippen molar-refractivity contribution >= 4 is 42.4 Å². The highest BCUT2D eigenvalue weighted by Gasteiger charge is 2.22. The molecule has 21 heavy (non-hydrogen) atoms. The normalized spacial score (nSPS) is 14.8. The molecule has 2 heterocycles. The van der Waals surface area contributed by atoms with Crippen LogP contribution in [0.1, 0.15) is 10.6 Å². The number of nitrogens with zero attached hydrogens (tertiary/aromatic N) is 1. The maximum atomic E-state index is 13.8. The third kappa shape index (κ3) is 3.10. The van der Waals surface area contributed by atoms with Gasteiger partial charge in [-0.25, -0.2) is 17.8 Å². The van der Waals surface area contributed by atoms with Gasteiger partial charge in [0.1, 0.15) is 10.7 Å². The average Bonchev–Trinajstić information content (AvgIpc) is 2.79. The molecule has 0 saturated carbocycles. The Morgan fingerprint density at radius 1 is 1.43 bits per heavy atom. The van der Waals surface area contributed by atoms with Crippen molar-refractivity contribution in [3.8, 4) is 0 Å². The number of aromatic nitrogens is 1. The van der Waals surface area contributed by atoms with Gasteiger partial charge in [-0.2, -0.15) is 0 Å². The highest BCUT2D eigenvalue weighted by Crippen LogP contribution is 2.28. The minimum Gasteiger partial charge on any atom is -0.311 e. The van der Waals surface area contributed by atoms with Gasteiger partial charge in [0.2, 0.25) is 0 Å². The van der Waals surface area contributed by atoms with Crippen LogP contribution in [0.25, 0.3) is 0 Å². The lowest BCUT2D eigenvalue weighted by atomic mass is 10.2. The number of halogens is 2. The predicted octanol–water partition coefficient (Wildman–Crippen LogP) is 2.49. The van der Waals surface area contributed by atoms with Gasteiger partial charge < -0.3 is 5.32 Å². The summed E-state index contributed by atoms with van der Waals surface area (Å²) in [7, 11) is -3.98. The van der Waals surface area contributed by atoms with E-state index in [1.54, 1.807) is 0 Å². The molecule has 5 nitrogen and oxygen atoms in total. The topological polar surface area (TPSA) is 71.1 Å². The Morgan fingerprint density at radius 3 is 2.95 bits per heavy atom. The van der Waals surface area contributed by atoms with E-state index < -0.39 is 20.7 Å². The summed E-state index contributed by atoms with van der Waals surface area (Å²) in [5, 5.41) is 3.46. The second kappa shape index (κ2) is 5.64. The minimum atomic E-state index is -3.98. The van der Waals surface area contributed by atoms with Gasteiger partial charge in [0.15, 0.2) is 5.13 Å². The molecule has 3 rings (SSSR count). The number of nitrogens with one attached hydrogen (secondary N) is 2. The van der Waals surface area contributed by atoms with Crippen LogP contribution in [-0.2, 0) is 23.0 Å². The first kappa shape index (κ1) is 14.9. The third-order valence-electron chi connectivity index (χ3n) is 3.01. The summed E-state index contributed by atoms with van der Waals surface area (Å²) in [6, 6.07) is 3.82. The van der Waals surface area contributed by atoms with E-state index in [2.05, 4.69) is 31.0 Å². The Kier molecular flexibility index (Phi) is 4.00. The van der Waals surface area contributed by atoms with Crippen LogP contribution in [0, 0.1) is 5.82 Å². The summed E-state index contributed by atoms with van der Waals surface area (Å²) in [4.78, 5) is 4.88. The second-order valence-corrected chi connectivity index (χ2v) is 8.15. The molecule has 2 N–H and O–H groups in total. The van der Waals surface area contributed by atoms with Crippen LogP contribution in [0.2, 0.25) is 0 Å². The molecule has 112 valence electrons. The number of fused-ring (bicyclic) bond motifs is 1. The lowest BCUT2D eigenvalue weighted by Gasteiger charge is -2.09. The number of hydrogen-bond acceptors (Lipinski definition) is 5. The van der Waals surface area contributed by atoms with Gasteiger partial charge in [-0.05, 0) is 18.2 Å². The third-order valence-corrected chi connectivity index (χ3v) is 6.02. The van der Waals surface area contributed by atoms with Crippen LogP contribution in [-0.4, -0.2) is 19.9 Å². The fourth-order valence-corrected chi connectivity index (χ4v) is 4.64. The number of thiazole rings is 1. The number of hydrogen-bond donors (Lipinski definition) is 2. The Balaban J connectivity index is 1.90. The largest absolute Gasteiger partial charge is 0.311 e. The molecule has 1 aromatic heterocycles. The van der Waals surface area contributed by atoms with Crippen LogP contribution in [0.5, 0.6) is 0 Å². The molecular weight excluding hydrogens is 381 g/mol. The molecule has 0 saturated heterocycles. The quantitative estimate of drug-likeness (QED) is 0.842. The standard InChI is InChI=1S/C12H11BrFN3O2S2/c13-7-1-2-11(8(14)5-7)21(18,19)17-12-16-9-3-4-15-6-10(9)20-12/h1-2,5,15H,3-4,6H2,(H,16,17). The van der Waals surface area contributed by atoms with E-state index in [1.807, 2.05) is 0 Å². The first-order valence-electron chi connectivity index (χ1n) is 6.13. The maximum Gasteiger partial charge on any atom is 0.266 e. The van der Waals surface area contributed by atoms with Crippen molar-refractivity contribution < 1.29 is 12.8 Å². The van der Waals surface area contributed by atoms with Gasteiger partial charge in [0, 0.05) is 28.9 Å². The van der Waals surface area contributed by atoms with E-state index in [9.17, 15) is 12.8 Å². The Morgan fingerprint density at radius 2 is 2.24 bits per heavy atom. The molecule has 2 aromatic rings. The second-order valence-electron chi connectivity index (χ2n) is 4.50. The lowest BCUT2D eigenvalue weighted by Crippen LogP contribution is -2.22. The fraction of sp³-hybridized carbons (Fsp3) is 0.250. The van der Waals surface area contributed by atoms with Crippen molar-refractivity contribution in [2.24, 2.45) is 0 Å². The molecule has 0 fully saturated rings. The molecule has 0 aliphatic carbocycles. The Labute approximate surface area is 133 Å². The monoisotopic (exact) mass is 391 g/mol. The van der Waals surface area contributed by atoms with Crippen LogP contribution >= 0.6 is 27.3 Å². The first-order chi connectivity index (χ1) is 9.95. The molecule has 1 aromatic carbocycles. The average molecular weight is 392 g/mol. The van der Waals surface area contributed by atoms with E-state index >= 15 is 0 Å². The summed E-state index contributed by atoms with van der Waals surface area (Å²) in [6.45, 7) is 1.51. The molecular formula is C12H11BrFN3O2S2. The van der Waals surface area contributed by atoms with E-state index in [-0.39, 0.29) is 5.13 Å². The molecule has 0 bridgehead atoms. The van der Waals surface area contributed by atoms with E-state index in [0.717, 1.165) is 29.6 Å². The van der Waals surface area contributed by atoms with E-state index in [4.69, 9.17) is 0 Å². The van der Waals surface area contributed by atoms with Crippen LogP contribution < -0.4 is 10.0 Å². The molecule has 0 radical (unpaired) electrons. The lowest BCUT2D eigenvalue weighted by molar-refractivity contribution is 0.570. The number of benzene rings is 1. The zero-order chi connectivity index (χ0) is 15.0. The first-order valence-corrected chi connectivity index (χ1v) is 9.22. The Hall–Kier alpha value is -1.03. The SMILES string of the molecule is O=S(=O)(Nc1nc2c(s1)CNCC2)c1ccc(Br)cc1F. The van der Waals surface area contributed by atoms with E-state index in [1.165, 1.54) is 23.5 Å². The zero-order valence-corrected chi connectivity index (χ0v) is 13.9. The van der Waals surface area contributed by atoms with Gasteiger partial charge in [0.05, 0.1) is 5.69 Å². The summed E-state index contributed by atoms with van der Waals surface area (Å²) in [5.74, 6) is -0.806. The van der Waals surface area contributed by atoms with Crippen LogP contribution in [0.4, 0.5) is 9.52 Å². The highest BCUT2D eigenvalue weighted by atomic mass is 79.9. The van der Waals surface area contributed by atoms with Crippen molar-refractivity contribution in [1.29, 1.82) is 0 Å². The molecule has 0 amide bonds. The number of sulfonamides is 1. The van der Waals surface area contributed by atoms with Crippen molar-refractivity contribution in [3.63, 3.8) is 0 Å². The van der Waals surface area contributed by atoms with Crippen molar-refractivity contribution in [3.05, 3.63) is 39.1 Å². The molecule has 9 heteroatoms. The molecule has 0 unspecified atom stereocenters. The molecule has 0 spiro atoms. The van der Waals surface area contributed by atoms with Gasteiger partial charge in [-0.3, -0.25) is 4.72 Å². The van der Waals surface area contributed by atoms with Crippen molar-refractivity contribution in [2.45, 2.75) is 17.9 Å². The summed E-state index contributed by atoms with van der Waals surface area (Å²) in [5.41, 5.74) is 0.896. The molecule has 1 aliphatic rings. The van der Waals surface area contributed by atoms with Gasteiger partial charge >= 0.3 is 0 Å². The van der Waals surface area contributed by atoms with Gasteiger partial charge in [0.25, 0.3) is 10.0 Å². The van der Waals surface area contributed by atoms with Crippen molar-refractivity contribution in [2.75, 3.05) is 11.3 Å². The smallest absolute Gasteiger partial charge is 0.266 e. The van der Waals surface area contributed by atoms with Crippen LogP contribution in [0.3, 0.4) is 0 Å². The highest BCUT2D eigenvalue weighted by molar-refractivity contribution is 9.10. The summed E-state index contributed by atoms with van der Waals surface area (Å²) in [6.07, 6.45) is 0.764. The fourth-order valence-electron chi connectivity index (χ4n) is 2.03. The van der Waals surface area contributed by atoms with Crippen LogP contribution in [0.15, 0.2) is 27.6 Å². The zero-order valence-electron chi connectivity index (χ0n) is 10.7. The predicted molar refractivity (Wildman–Crippen MR) is 82.4 cm³/mol. The number of anilines is 1. The molecule has 1 aliphatic heterocycles. The van der Waals surface area contributed by atoms with Gasteiger partial charge in [-0.15, -0.1) is 0 Å². The Bertz CT molecular complexity index is 768. The minimum absolute atomic E-state index is 0.269.